The van der Waals surface area contributed by atoms with Crippen molar-refractivity contribution < 1.29 is 14.3 Å². The molecule has 3 aliphatic heterocycles. The van der Waals surface area contributed by atoms with Gasteiger partial charge in [0.15, 0.2) is 6.29 Å². The molecule has 0 aromatic heterocycles. The Balaban J connectivity index is 2.19. The van der Waals surface area contributed by atoms with E-state index in [1.165, 1.54) is 0 Å². The largest absolute Gasteiger partial charge is 0.465 e. The molecular formula is C14H17NO3. The van der Waals surface area contributed by atoms with Crippen LogP contribution in [0.1, 0.15) is 53.8 Å². The second-order valence-corrected chi connectivity index (χ2v) is 4.94. The molecule has 1 amide bonds. The normalized spacial score (nSPS) is 25.8. The highest BCUT2D eigenvalue weighted by atomic mass is 16.7. The molecule has 1 aromatic rings. The number of nitrogens with two attached hydrogens (primary N) is 1. The molecule has 1 aromatic carbocycles. The third kappa shape index (κ3) is 1.77. The lowest BCUT2D eigenvalue weighted by Crippen LogP contribution is -2.28. The van der Waals surface area contributed by atoms with E-state index in [9.17, 15) is 4.79 Å². The van der Waals surface area contributed by atoms with Gasteiger partial charge in [-0.15, -0.1) is 0 Å². The van der Waals surface area contributed by atoms with Crippen molar-refractivity contribution >= 4 is 5.91 Å². The molecule has 2 atom stereocenters. The smallest absolute Gasteiger partial charge is 0.248 e. The van der Waals surface area contributed by atoms with Gasteiger partial charge in [-0.3, -0.25) is 4.79 Å². The molecule has 0 spiro atoms. The zero-order valence-corrected chi connectivity index (χ0v) is 10.4. The van der Waals surface area contributed by atoms with Crippen molar-refractivity contribution in [2.24, 2.45) is 5.73 Å². The minimum Gasteiger partial charge on any atom is -0.465 e. The number of carbonyl (C=O) groups excluding carboxylic acids is 1. The zero-order valence-electron chi connectivity index (χ0n) is 10.4. The first-order chi connectivity index (χ1) is 8.66. The Morgan fingerprint density at radius 3 is 3.00 bits per heavy atom. The molecule has 18 heavy (non-hydrogen) atoms. The molecule has 0 saturated heterocycles. The van der Waals surface area contributed by atoms with Crippen LogP contribution in [0.25, 0.3) is 0 Å². The lowest BCUT2D eigenvalue weighted by Gasteiger charge is -2.31. The Bertz CT molecular complexity index is 498. The number of amides is 1. The van der Waals surface area contributed by atoms with Crippen LogP contribution in [0.5, 0.6) is 5.75 Å². The molecule has 0 radical (unpaired) electrons. The third-order valence-corrected chi connectivity index (χ3v) is 3.72. The van der Waals surface area contributed by atoms with E-state index in [0.717, 1.165) is 42.6 Å². The Morgan fingerprint density at radius 2 is 2.22 bits per heavy atom. The number of hydrogen-bond donors (Lipinski definition) is 1. The van der Waals surface area contributed by atoms with E-state index in [2.05, 4.69) is 0 Å². The number of primary amides is 1. The van der Waals surface area contributed by atoms with Gasteiger partial charge in [-0.25, -0.2) is 0 Å². The minimum atomic E-state index is -0.374. The van der Waals surface area contributed by atoms with Gasteiger partial charge >= 0.3 is 0 Å². The summed E-state index contributed by atoms with van der Waals surface area (Å²) in [4.78, 5) is 11.5. The maximum atomic E-state index is 11.5. The lowest BCUT2D eigenvalue weighted by atomic mass is 9.92. The summed E-state index contributed by atoms with van der Waals surface area (Å²) in [5.74, 6) is 0.474. The molecule has 2 unspecified atom stereocenters. The maximum Gasteiger partial charge on any atom is 0.248 e. The number of hydrogen-bond acceptors (Lipinski definition) is 3. The van der Waals surface area contributed by atoms with Crippen LogP contribution in [-0.4, -0.2) is 12.2 Å². The van der Waals surface area contributed by atoms with Gasteiger partial charge in [0.1, 0.15) is 5.75 Å². The Morgan fingerprint density at radius 1 is 1.39 bits per heavy atom. The van der Waals surface area contributed by atoms with E-state index < -0.39 is 0 Å². The second kappa shape index (κ2) is 4.28. The van der Waals surface area contributed by atoms with Gasteiger partial charge < -0.3 is 15.2 Å². The first-order valence-corrected chi connectivity index (χ1v) is 6.44. The molecule has 0 fully saturated rings. The van der Waals surface area contributed by atoms with Gasteiger partial charge in [-0.05, 0) is 43.9 Å². The standard InChI is InChI=1S/C14H17NO3/c1-8-13-9-4-2-3-5-12(17-8)18-11(13)7-6-10(9)14(15)16/h6-8,12H,2-5H2,1H3,(H2,15,16). The molecule has 3 aliphatic rings. The maximum absolute atomic E-state index is 11.5. The molecule has 3 heterocycles. The number of carbonyl (C=O) groups is 1. The SMILES string of the molecule is CC1OC2CCCCc3c(C(N)=O)ccc(c31)O2. The summed E-state index contributed by atoms with van der Waals surface area (Å²) in [5.41, 5.74) is 8.07. The number of benzene rings is 1. The predicted octanol–water partition coefficient (Wildman–Crippen LogP) is 2.31. The van der Waals surface area contributed by atoms with E-state index in [1.54, 1.807) is 6.07 Å². The Kier molecular flexibility index (Phi) is 2.74. The molecule has 2 N–H and O–H groups in total. The number of ether oxygens (including phenoxy) is 2. The van der Waals surface area contributed by atoms with Crippen LogP contribution >= 0.6 is 0 Å². The minimum absolute atomic E-state index is 0.0360. The summed E-state index contributed by atoms with van der Waals surface area (Å²) in [6.45, 7) is 2.01. The van der Waals surface area contributed by atoms with Gasteiger partial charge in [0.25, 0.3) is 0 Å². The summed E-state index contributed by atoms with van der Waals surface area (Å²) < 4.78 is 11.7. The summed E-state index contributed by atoms with van der Waals surface area (Å²) in [6.07, 6.45) is 3.64. The van der Waals surface area contributed by atoms with Crippen LogP contribution in [0, 0.1) is 0 Å². The fourth-order valence-electron chi connectivity index (χ4n) is 2.90. The third-order valence-electron chi connectivity index (χ3n) is 3.72. The van der Waals surface area contributed by atoms with Crippen LogP contribution in [0.3, 0.4) is 0 Å². The van der Waals surface area contributed by atoms with Crippen molar-refractivity contribution in [2.45, 2.75) is 45.0 Å². The van der Waals surface area contributed by atoms with Gasteiger partial charge in [-0.1, -0.05) is 0 Å². The monoisotopic (exact) mass is 247 g/mol. The summed E-state index contributed by atoms with van der Waals surface area (Å²) >= 11 is 0. The molecule has 4 rings (SSSR count). The fourth-order valence-corrected chi connectivity index (χ4v) is 2.90. The topological polar surface area (TPSA) is 61.5 Å². The van der Waals surface area contributed by atoms with Gasteiger partial charge in [0.05, 0.1) is 6.10 Å². The average molecular weight is 247 g/mol. The van der Waals surface area contributed by atoms with E-state index in [4.69, 9.17) is 15.2 Å². The first kappa shape index (κ1) is 11.5. The molecule has 4 nitrogen and oxygen atoms in total. The van der Waals surface area contributed by atoms with Gasteiger partial charge in [0, 0.05) is 17.5 Å². The van der Waals surface area contributed by atoms with Crippen LogP contribution in [-0.2, 0) is 11.2 Å². The zero-order chi connectivity index (χ0) is 12.7. The second-order valence-electron chi connectivity index (χ2n) is 4.94. The highest BCUT2D eigenvalue weighted by Gasteiger charge is 2.31. The van der Waals surface area contributed by atoms with Crippen molar-refractivity contribution in [3.05, 3.63) is 28.8 Å². The highest BCUT2D eigenvalue weighted by molar-refractivity contribution is 5.95. The van der Waals surface area contributed by atoms with Crippen molar-refractivity contribution in [2.75, 3.05) is 0 Å². The molecule has 96 valence electrons. The lowest BCUT2D eigenvalue weighted by molar-refractivity contribution is -0.137. The summed E-state index contributed by atoms with van der Waals surface area (Å²) in [6, 6.07) is 3.62. The van der Waals surface area contributed by atoms with E-state index in [-0.39, 0.29) is 18.3 Å². The Hall–Kier alpha value is -1.55. The quantitative estimate of drug-likeness (QED) is 0.828. The van der Waals surface area contributed by atoms with Crippen molar-refractivity contribution in [1.29, 1.82) is 0 Å². The summed E-state index contributed by atoms with van der Waals surface area (Å²) in [5, 5.41) is 0. The fraction of sp³-hybridized carbons (Fsp3) is 0.500. The van der Waals surface area contributed by atoms with Crippen LogP contribution in [0.2, 0.25) is 0 Å². The number of rotatable bonds is 1. The number of fused-ring (bicyclic) bond motifs is 4. The van der Waals surface area contributed by atoms with Crippen molar-refractivity contribution in [3.63, 3.8) is 0 Å². The van der Waals surface area contributed by atoms with E-state index in [1.807, 2.05) is 13.0 Å². The first-order valence-electron chi connectivity index (χ1n) is 6.44. The van der Waals surface area contributed by atoms with Gasteiger partial charge in [0.2, 0.25) is 5.91 Å². The molecular weight excluding hydrogens is 230 g/mol. The highest BCUT2D eigenvalue weighted by Crippen LogP contribution is 2.40. The molecule has 4 heteroatoms. The molecule has 0 saturated carbocycles. The predicted molar refractivity (Wildman–Crippen MR) is 66.4 cm³/mol. The van der Waals surface area contributed by atoms with Crippen LogP contribution in [0.4, 0.5) is 0 Å². The van der Waals surface area contributed by atoms with Crippen LogP contribution < -0.4 is 10.5 Å². The Labute approximate surface area is 106 Å². The average Bonchev–Trinajstić information content (AvgIpc) is 2.43. The molecule has 0 aliphatic carbocycles. The van der Waals surface area contributed by atoms with E-state index in [0.29, 0.717) is 5.56 Å². The summed E-state index contributed by atoms with van der Waals surface area (Å²) in [7, 11) is 0. The molecule has 4 bridgehead atoms. The van der Waals surface area contributed by atoms with Gasteiger partial charge in [-0.2, -0.15) is 0 Å². The van der Waals surface area contributed by atoms with E-state index >= 15 is 0 Å². The van der Waals surface area contributed by atoms with Crippen LogP contribution in [0.15, 0.2) is 12.1 Å². The van der Waals surface area contributed by atoms with Crippen molar-refractivity contribution in [3.8, 4) is 5.75 Å². The van der Waals surface area contributed by atoms with Crippen molar-refractivity contribution in [1.82, 2.24) is 0 Å².